The second kappa shape index (κ2) is 6.85. The quantitative estimate of drug-likeness (QED) is 0.761. The summed E-state index contributed by atoms with van der Waals surface area (Å²) in [5.74, 6) is 0.599. The Labute approximate surface area is 126 Å². The molecule has 0 bridgehead atoms. The van der Waals surface area contributed by atoms with Crippen LogP contribution in [0.2, 0.25) is 0 Å². The first kappa shape index (κ1) is 14.3. The lowest BCUT2D eigenvalue weighted by Gasteiger charge is -2.07. The van der Waals surface area contributed by atoms with Gasteiger partial charge in [-0.15, -0.1) is 5.10 Å². The van der Waals surface area contributed by atoms with E-state index in [2.05, 4.69) is 50.3 Å². The van der Waals surface area contributed by atoms with Crippen LogP contribution in [0.25, 0.3) is 0 Å². The molecule has 5 nitrogen and oxygen atoms in total. The number of halogens is 1. The van der Waals surface area contributed by atoms with Crippen LogP contribution in [0.4, 0.5) is 11.7 Å². The molecule has 0 radical (unpaired) electrons. The fraction of sp³-hybridized carbons (Fsp3) is 0.385. The molecule has 2 N–H and O–H groups in total. The van der Waals surface area contributed by atoms with Crippen molar-refractivity contribution in [3.63, 3.8) is 0 Å². The number of aromatic nitrogens is 2. The van der Waals surface area contributed by atoms with Crippen LogP contribution in [-0.4, -0.2) is 16.7 Å². The van der Waals surface area contributed by atoms with Crippen LogP contribution in [0.5, 0.6) is 0 Å². The zero-order valence-electron chi connectivity index (χ0n) is 11.0. The summed E-state index contributed by atoms with van der Waals surface area (Å²) in [6.45, 7) is 5.07. The Balaban J connectivity index is 1.98. The van der Waals surface area contributed by atoms with Gasteiger partial charge in [-0.3, -0.25) is 0 Å². The molecular formula is C13H17IN4O. The predicted molar refractivity (Wildman–Crippen MR) is 83.4 cm³/mol. The Morgan fingerprint density at radius 2 is 2.00 bits per heavy atom. The van der Waals surface area contributed by atoms with E-state index in [0.29, 0.717) is 11.9 Å². The van der Waals surface area contributed by atoms with Gasteiger partial charge < -0.3 is 15.1 Å². The summed E-state index contributed by atoms with van der Waals surface area (Å²) < 4.78 is 6.77. The standard InChI is InChI=1S/C13H17IN4O/c1-3-8-15-9(2)12-17-18-13(19-12)16-11-6-4-10(14)5-7-11/h4-7,9,15H,3,8H2,1-2H3,(H,16,18). The molecule has 19 heavy (non-hydrogen) atoms. The zero-order chi connectivity index (χ0) is 13.7. The van der Waals surface area contributed by atoms with Crippen molar-refractivity contribution in [2.45, 2.75) is 26.3 Å². The molecule has 0 spiro atoms. The summed E-state index contributed by atoms with van der Waals surface area (Å²) in [4.78, 5) is 0. The normalized spacial score (nSPS) is 12.4. The molecule has 1 aromatic carbocycles. The Bertz CT molecular complexity index is 512. The van der Waals surface area contributed by atoms with Crippen molar-refractivity contribution in [3.8, 4) is 0 Å². The predicted octanol–water partition coefficient (Wildman–Crippen LogP) is 3.48. The highest BCUT2D eigenvalue weighted by atomic mass is 127. The Hall–Kier alpha value is -1.15. The molecule has 0 aliphatic rings. The molecule has 1 atom stereocenters. The monoisotopic (exact) mass is 372 g/mol. The molecule has 2 aromatic rings. The summed E-state index contributed by atoms with van der Waals surface area (Å²) in [7, 11) is 0. The summed E-state index contributed by atoms with van der Waals surface area (Å²) in [5, 5.41) is 14.4. The van der Waals surface area contributed by atoms with Gasteiger partial charge in [0.05, 0.1) is 6.04 Å². The number of hydrogen-bond donors (Lipinski definition) is 2. The van der Waals surface area contributed by atoms with Crippen LogP contribution in [0.1, 0.15) is 32.2 Å². The van der Waals surface area contributed by atoms with Crippen molar-refractivity contribution in [2.75, 3.05) is 11.9 Å². The van der Waals surface area contributed by atoms with Gasteiger partial charge in [-0.05, 0) is 66.7 Å². The van der Waals surface area contributed by atoms with Gasteiger partial charge in [-0.1, -0.05) is 12.0 Å². The molecule has 1 heterocycles. The van der Waals surface area contributed by atoms with Crippen molar-refractivity contribution in [1.29, 1.82) is 0 Å². The fourth-order valence-electron chi connectivity index (χ4n) is 1.56. The summed E-state index contributed by atoms with van der Waals surface area (Å²) >= 11 is 2.27. The molecule has 2 rings (SSSR count). The van der Waals surface area contributed by atoms with Gasteiger partial charge in [0.15, 0.2) is 0 Å². The van der Waals surface area contributed by atoms with Crippen LogP contribution < -0.4 is 10.6 Å². The van der Waals surface area contributed by atoms with E-state index in [1.165, 1.54) is 3.57 Å². The minimum atomic E-state index is 0.0692. The topological polar surface area (TPSA) is 63.0 Å². The smallest absolute Gasteiger partial charge is 0.320 e. The third kappa shape index (κ3) is 4.17. The largest absolute Gasteiger partial charge is 0.406 e. The van der Waals surface area contributed by atoms with Gasteiger partial charge in [0.2, 0.25) is 5.89 Å². The van der Waals surface area contributed by atoms with E-state index < -0.39 is 0 Å². The highest BCUT2D eigenvalue weighted by molar-refractivity contribution is 14.1. The van der Waals surface area contributed by atoms with Gasteiger partial charge in [0.25, 0.3) is 0 Å². The highest BCUT2D eigenvalue weighted by Gasteiger charge is 2.12. The van der Waals surface area contributed by atoms with Crippen molar-refractivity contribution in [2.24, 2.45) is 0 Å². The van der Waals surface area contributed by atoms with Crippen LogP contribution in [-0.2, 0) is 0 Å². The minimum absolute atomic E-state index is 0.0692. The molecule has 0 fully saturated rings. The average Bonchev–Trinajstić information content (AvgIpc) is 2.87. The molecule has 1 unspecified atom stereocenters. The summed E-state index contributed by atoms with van der Waals surface area (Å²) in [6, 6.07) is 8.48. The van der Waals surface area contributed by atoms with E-state index in [-0.39, 0.29) is 6.04 Å². The maximum atomic E-state index is 5.58. The third-order valence-electron chi connectivity index (χ3n) is 2.61. The highest BCUT2D eigenvalue weighted by Crippen LogP contribution is 2.19. The Kier molecular flexibility index (Phi) is 5.15. The first-order valence-corrected chi connectivity index (χ1v) is 7.36. The molecule has 0 saturated carbocycles. The molecule has 0 aliphatic heterocycles. The number of hydrogen-bond acceptors (Lipinski definition) is 5. The van der Waals surface area contributed by atoms with E-state index in [1.54, 1.807) is 0 Å². The van der Waals surface area contributed by atoms with E-state index >= 15 is 0 Å². The number of nitrogens with zero attached hydrogens (tertiary/aromatic N) is 2. The van der Waals surface area contributed by atoms with Crippen LogP contribution in [0, 0.1) is 3.57 Å². The van der Waals surface area contributed by atoms with Crippen molar-refractivity contribution >= 4 is 34.3 Å². The number of rotatable bonds is 6. The van der Waals surface area contributed by atoms with Crippen molar-refractivity contribution in [3.05, 3.63) is 33.7 Å². The van der Waals surface area contributed by atoms with E-state index in [9.17, 15) is 0 Å². The maximum Gasteiger partial charge on any atom is 0.320 e. The summed E-state index contributed by atoms with van der Waals surface area (Å²) in [6.07, 6.45) is 1.08. The molecule has 6 heteroatoms. The number of anilines is 2. The average molecular weight is 372 g/mol. The summed E-state index contributed by atoms with van der Waals surface area (Å²) in [5.41, 5.74) is 0.935. The van der Waals surface area contributed by atoms with Crippen molar-refractivity contribution in [1.82, 2.24) is 15.5 Å². The van der Waals surface area contributed by atoms with Gasteiger partial charge in [-0.25, -0.2) is 0 Å². The van der Waals surface area contributed by atoms with Crippen LogP contribution in [0.3, 0.4) is 0 Å². The third-order valence-corrected chi connectivity index (χ3v) is 3.33. The lowest BCUT2D eigenvalue weighted by molar-refractivity contribution is 0.424. The fourth-order valence-corrected chi connectivity index (χ4v) is 1.92. The molecule has 102 valence electrons. The number of benzene rings is 1. The molecule has 0 saturated heterocycles. The maximum absolute atomic E-state index is 5.58. The van der Waals surface area contributed by atoms with E-state index in [4.69, 9.17) is 4.42 Å². The molecule has 0 amide bonds. The van der Waals surface area contributed by atoms with Gasteiger partial charge >= 0.3 is 6.01 Å². The SMILES string of the molecule is CCCNC(C)c1nnc(Nc2ccc(I)cc2)o1. The lowest BCUT2D eigenvalue weighted by atomic mass is 10.3. The second-order valence-electron chi connectivity index (χ2n) is 4.25. The van der Waals surface area contributed by atoms with Crippen LogP contribution in [0.15, 0.2) is 28.7 Å². The van der Waals surface area contributed by atoms with Gasteiger partial charge in [0, 0.05) is 9.26 Å². The second-order valence-corrected chi connectivity index (χ2v) is 5.50. The first-order valence-electron chi connectivity index (χ1n) is 6.28. The van der Waals surface area contributed by atoms with E-state index in [1.807, 2.05) is 31.2 Å². The molecule has 0 aliphatic carbocycles. The number of nitrogens with one attached hydrogen (secondary N) is 2. The van der Waals surface area contributed by atoms with E-state index in [0.717, 1.165) is 18.7 Å². The molecule has 1 aromatic heterocycles. The van der Waals surface area contributed by atoms with Gasteiger partial charge in [0.1, 0.15) is 0 Å². The van der Waals surface area contributed by atoms with Gasteiger partial charge in [-0.2, -0.15) is 0 Å². The minimum Gasteiger partial charge on any atom is -0.406 e. The van der Waals surface area contributed by atoms with Crippen molar-refractivity contribution < 1.29 is 4.42 Å². The first-order chi connectivity index (χ1) is 9.19. The Morgan fingerprint density at radius 3 is 2.68 bits per heavy atom. The lowest BCUT2D eigenvalue weighted by Crippen LogP contribution is -2.19. The molecular weight excluding hydrogens is 355 g/mol. The van der Waals surface area contributed by atoms with Crippen LogP contribution >= 0.6 is 22.6 Å². The zero-order valence-corrected chi connectivity index (χ0v) is 13.1. The Morgan fingerprint density at radius 1 is 1.26 bits per heavy atom.